The Morgan fingerprint density at radius 1 is 1.60 bits per heavy atom. The lowest BCUT2D eigenvalue weighted by molar-refractivity contribution is 0.0820. The zero-order valence-electron chi connectivity index (χ0n) is 5.95. The molecule has 0 aliphatic carbocycles. The molecule has 0 amide bonds. The Balaban J connectivity index is 2.75. The van der Waals surface area contributed by atoms with Gasteiger partial charge in [0, 0.05) is 6.20 Å². The Kier molecular flexibility index (Phi) is 2.40. The van der Waals surface area contributed by atoms with Gasteiger partial charge in [-0.15, -0.1) is 0 Å². The molecule has 0 spiro atoms. The number of hydrogen-bond acceptors (Lipinski definition) is 1. The number of pyridine rings is 1. The van der Waals surface area contributed by atoms with Gasteiger partial charge in [0.15, 0.2) is 0 Å². The summed E-state index contributed by atoms with van der Waals surface area (Å²) in [4.78, 5) is 3.94. The van der Waals surface area contributed by atoms with E-state index in [1.165, 1.54) is 0 Å². The first kappa shape index (κ1) is 7.22. The molecule has 2 heteroatoms. The van der Waals surface area contributed by atoms with Crippen LogP contribution in [0.3, 0.4) is 0 Å². The average molecular weight is 136 g/mol. The summed E-state index contributed by atoms with van der Waals surface area (Å²) in [7, 11) is 0. The van der Waals surface area contributed by atoms with Crippen LogP contribution in [-0.4, -0.2) is 4.98 Å². The molecular formula is C8H10NO. The van der Waals surface area contributed by atoms with Crippen molar-refractivity contribution in [1.29, 1.82) is 0 Å². The average Bonchev–Trinajstić information content (AvgIpc) is 2.05. The second-order valence-corrected chi connectivity index (χ2v) is 2.15. The first-order chi connectivity index (χ1) is 4.84. The minimum Gasteiger partial charge on any atom is -0.258 e. The number of aromatic nitrogens is 1. The molecule has 1 heterocycles. The lowest BCUT2D eigenvalue weighted by atomic mass is 10.2. The van der Waals surface area contributed by atoms with E-state index < -0.39 is 6.10 Å². The summed E-state index contributed by atoms with van der Waals surface area (Å²) in [5.74, 6) is 0. The van der Waals surface area contributed by atoms with Gasteiger partial charge in [0.05, 0.1) is 5.69 Å². The third kappa shape index (κ3) is 1.54. The highest BCUT2D eigenvalue weighted by Gasteiger charge is 2.05. The van der Waals surface area contributed by atoms with E-state index in [-0.39, 0.29) is 0 Å². The monoisotopic (exact) mass is 136 g/mol. The van der Waals surface area contributed by atoms with E-state index in [4.69, 9.17) is 0 Å². The molecule has 0 saturated carbocycles. The van der Waals surface area contributed by atoms with E-state index in [0.717, 1.165) is 0 Å². The summed E-state index contributed by atoms with van der Waals surface area (Å²) in [6, 6.07) is 5.41. The fourth-order valence-corrected chi connectivity index (χ4v) is 0.776. The molecule has 1 unspecified atom stereocenters. The van der Waals surface area contributed by atoms with E-state index in [1.54, 1.807) is 12.3 Å². The van der Waals surface area contributed by atoms with Gasteiger partial charge < -0.3 is 0 Å². The van der Waals surface area contributed by atoms with Crippen LogP contribution in [0.5, 0.6) is 0 Å². The first-order valence-corrected chi connectivity index (χ1v) is 3.41. The van der Waals surface area contributed by atoms with Gasteiger partial charge in [0.25, 0.3) is 0 Å². The second-order valence-electron chi connectivity index (χ2n) is 2.15. The van der Waals surface area contributed by atoms with Gasteiger partial charge >= 0.3 is 0 Å². The van der Waals surface area contributed by atoms with Gasteiger partial charge in [0.1, 0.15) is 6.10 Å². The standard InChI is InChI=1S/C8H10NO/c1-2-8(10)7-5-3-4-6-9-7/h3-6,8H,2H2,1H3. The predicted molar refractivity (Wildman–Crippen MR) is 38.0 cm³/mol. The van der Waals surface area contributed by atoms with Gasteiger partial charge in [-0.1, -0.05) is 13.0 Å². The van der Waals surface area contributed by atoms with Crippen molar-refractivity contribution in [3.05, 3.63) is 30.1 Å². The maximum Gasteiger partial charge on any atom is 0.135 e. The summed E-state index contributed by atoms with van der Waals surface area (Å²) in [6.45, 7) is 1.87. The van der Waals surface area contributed by atoms with Crippen LogP contribution in [0.4, 0.5) is 0 Å². The smallest absolute Gasteiger partial charge is 0.135 e. The second kappa shape index (κ2) is 3.32. The lowest BCUT2D eigenvalue weighted by Crippen LogP contribution is -1.95. The van der Waals surface area contributed by atoms with Crippen molar-refractivity contribution in [2.75, 3.05) is 0 Å². The van der Waals surface area contributed by atoms with Crippen molar-refractivity contribution in [3.8, 4) is 0 Å². The highest BCUT2D eigenvalue weighted by Crippen LogP contribution is 2.12. The Labute approximate surface area is 60.5 Å². The highest BCUT2D eigenvalue weighted by atomic mass is 16.3. The predicted octanol–water partition coefficient (Wildman–Crippen LogP) is 1.96. The molecule has 10 heavy (non-hydrogen) atoms. The molecular weight excluding hydrogens is 126 g/mol. The van der Waals surface area contributed by atoms with Crippen molar-refractivity contribution in [2.24, 2.45) is 0 Å². The number of nitrogens with zero attached hydrogens (tertiary/aromatic N) is 1. The van der Waals surface area contributed by atoms with Crippen LogP contribution < -0.4 is 0 Å². The van der Waals surface area contributed by atoms with E-state index in [9.17, 15) is 5.11 Å². The molecule has 0 saturated heterocycles. The molecule has 0 fully saturated rings. The van der Waals surface area contributed by atoms with Crippen molar-refractivity contribution in [3.63, 3.8) is 0 Å². The Hall–Kier alpha value is -0.890. The van der Waals surface area contributed by atoms with Crippen molar-refractivity contribution < 1.29 is 5.11 Å². The molecule has 0 bridgehead atoms. The van der Waals surface area contributed by atoms with Crippen LogP contribution in [0, 0.1) is 0 Å². The fourth-order valence-electron chi connectivity index (χ4n) is 0.776. The van der Waals surface area contributed by atoms with E-state index >= 15 is 0 Å². The molecule has 2 nitrogen and oxygen atoms in total. The SMILES string of the molecule is CCC([O])c1ccccn1. The molecule has 1 atom stereocenters. The van der Waals surface area contributed by atoms with Crippen molar-refractivity contribution >= 4 is 0 Å². The van der Waals surface area contributed by atoms with Crippen LogP contribution in [0.2, 0.25) is 0 Å². The molecule has 1 rings (SSSR count). The minimum atomic E-state index is -0.652. The Morgan fingerprint density at radius 2 is 2.40 bits per heavy atom. The first-order valence-electron chi connectivity index (χ1n) is 3.41. The van der Waals surface area contributed by atoms with Crippen LogP contribution in [0.1, 0.15) is 25.1 Å². The summed E-state index contributed by atoms with van der Waals surface area (Å²) >= 11 is 0. The Morgan fingerprint density at radius 3 is 2.90 bits per heavy atom. The van der Waals surface area contributed by atoms with Gasteiger partial charge in [-0.05, 0) is 18.6 Å². The molecule has 1 aromatic rings. The molecule has 1 aromatic heterocycles. The molecule has 0 aliphatic rings. The quantitative estimate of drug-likeness (QED) is 0.611. The Bertz CT molecular complexity index is 186. The topological polar surface area (TPSA) is 32.8 Å². The lowest BCUT2D eigenvalue weighted by Gasteiger charge is -2.01. The minimum absolute atomic E-state index is 0.608. The van der Waals surface area contributed by atoms with Gasteiger partial charge in [-0.3, -0.25) is 4.98 Å². The normalized spacial score (nSPS) is 13.0. The summed E-state index contributed by atoms with van der Waals surface area (Å²) in [5, 5.41) is 11.0. The third-order valence-electron chi connectivity index (χ3n) is 1.39. The summed E-state index contributed by atoms with van der Waals surface area (Å²) in [6.07, 6.45) is 1.61. The van der Waals surface area contributed by atoms with Gasteiger partial charge in [-0.25, -0.2) is 5.11 Å². The number of rotatable bonds is 2. The third-order valence-corrected chi connectivity index (χ3v) is 1.39. The fraction of sp³-hybridized carbons (Fsp3) is 0.375. The van der Waals surface area contributed by atoms with Crippen molar-refractivity contribution in [2.45, 2.75) is 19.4 Å². The van der Waals surface area contributed by atoms with Crippen LogP contribution in [-0.2, 0) is 5.11 Å². The maximum absolute atomic E-state index is 11.0. The number of hydrogen-bond donors (Lipinski definition) is 0. The highest BCUT2D eigenvalue weighted by molar-refractivity contribution is 5.05. The van der Waals surface area contributed by atoms with Crippen LogP contribution in [0.25, 0.3) is 0 Å². The molecule has 0 aliphatic heterocycles. The van der Waals surface area contributed by atoms with E-state index in [2.05, 4.69) is 4.98 Å². The van der Waals surface area contributed by atoms with Gasteiger partial charge in [0.2, 0.25) is 0 Å². The molecule has 0 N–H and O–H groups in total. The summed E-state index contributed by atoms with van der Waals surface area (Å²) in [5.41, 5.74) is 0.644. The van der Waals surface area contributed by atoms with E-state index in [1.807, 2.05) is 19.1 Å². The van der Waals surface area contributed by atoms with Crippen LogP contribution in [0.15, 0.2) is 24.4 Å². The largest absolute Gasteiger partial charge is 0.258 e. The zero-order valence-corrected chi connectivity index (χ0v) is 5.95. The van der Waals surface area contributed by atoms with Crippen molar-refractivity contribution in [1.82, 2.24) is 4.98 Å². The molecule has 53 valence electrons. The van der Waals surface area contributed by atoms with E-state index in [0.29, 0.717) is 12.1 Å². The molecule has 0 aromatic carbocycles. The summed E-state index contributed by atoms with van der Waals surface area (Å²) < 4.78 is 0. The maximum atomic E-state index is 11.0. The van der Waals surface area contributed by atoms with Crippen LogP contribution >= 0.6 is 0 Å². The van der Waals surface area contributed by atoms with Gasteiger partial charge in [-0.2, -0.15) is 0 Å². The molecule has 1 radical (unpaired) electrons. The zero-order chi connectivity index (χ0) is 7.40.